The summed E-state index contributed by atoms with van der Waals surface area (Å²) < 4.78 is 5.40. The monoisotopic (exact) mass is 268 g/mol. The number of carbonyl (C=O) groups excluding carboxylic acids is 1. The average molecular weight is 268 g/mol. The van der Waals surface area contributed by atoms with Gasteiger partial charge in [0, 0.05) is 5.56 Å². The molecular weight excluding hydrogens is 252 g/mol. The quantitative estimate of drug-likeness (QED) is 0.664. The van der Waals surface area contributed by atoms with Gasteiger partial charge in [0.1, 0.15) is 11.5 Å². The van der Waals surface area contributed by atoms with Gasteiger partial charge < -0.3 is 9.84 Å². The molecule has 0 atom stereocenters. The fraction of sp³-hybridized carbons (Fsp3) is 0.118. The molecule has 0 spiro atoms. The molecule has 0 saturated carbocycles. The van der Waals surface area contributed by atoms with Gasteiger partial charge in [-0.25, -0.2) is 0 Å². The molecule has 0 aliphatic carbocycles. The first-order valence-corrected chi connectivity index (χ1v) is 6.43. The van der Waals surface area contributed by atoms with Crippen molar-refractivity contribution in [2.45, 2.75) is 6.92 Å². The summed E-state index contributed by atoms with van der Waals surface area (Å²) in [6.07, 6.45) is 3.26. The Kier molecular flexibility index (Phi) is 4.56. The zero-order valence-electron chi connectivity index (χ0n) is 11.2. The van der Waals surface area contributed by atoms with E-state index < -0.39 is 0 Å². The first kappa shape index (κ1) is 13.9. The molecule has 0 aromatic heterocycles. The molecule has 0 radical (unpaired) electrons. The number of ether oxygens (including phenoxy) is 1. The Bertz CT molecular complexity index is 612. The van der Waals surface area contributed by atoms with E-state index in [1.807, 2.05) is 31.2 Å². The van der Waals surface area contributed by atoms with E-state index in [-0.39, 0.29) is 11.5 Å². The van der Waals surface area contributed by atoms with Gasteiger partial charge in [-0.3, -0.25) is 4.79 Å². The Balaban J connectivity index is 2.10. The van der Waals surface area contributed by atoms with Crippen LogP contribution in [0.2, 0.25) is 0 Å². The molecule has 2 aromatic rings. The molecule has 102 valence electrons. The maximum Gasteiger partial charge on any atom is 0.185 e. The normalized spacial score (nSPS) is 10.7. The van der Waals surface area contributed by atoms with E-state index in [1.54, 1.807) is 18.2 Å². The molecule has 3 nitrogen and oxygen atoms in total. The van der Waals surface area contributed by atoms with Crippen molar-refractivity contribution < 1.29 is 14.6 Å². The van der Waals surface area contributed by atoms with E-state index in [1.165, 1.54) is 18.2 Å². The fourth-order valence-electron chi connectivity index (χ4n) is 1.77. The first-order valence-electron chi connectivity index (χ1n) is 6.43. The number of carbonyl (C=O) groups is 1. The van der Waals surface area contributed by atoms with Crippen LogP contribution in [0.25, 0.3) is 6.08 Å². The van der Waals surface area contributed by atoms with Crippen molar-refractivity contribution in [1.29, 1.82) is 0 Å². The maximum absolute atomic E-state index is 11.9. The van der Waals surface area contributed by atoms with Crippen LogP contribution in [0, 0.1) is 0 Å². The zero-order chi connectivity index (χ0) is 14.4. The molecule has 0 amide bonds. The van der Waals surface area contributed by atoms with Crippen molar-refractivity contribution in [3.05, 3.63) is 65.7 Å². The Hall–Kier alpha value is -2.55. The van der Waals surface area contributed by atoms with Gasteiger partial charge in [0.25, 0.3) is 0 Å². The van der Waals surface area contributed by atoms with Crippen LogP contribution in [-0.4, -0.2) is 17.5 Å². The number of phenols is 1. The molecule has 2 rings (SSSR count). The summed E-state index contributed by atoms with van der Waals surface area (Å²) in [5.41, 5.74) is 1.45. The molecule has 0 heterocycles. The van der Waals surface area contributed by atoms with Crippen molar-refractivity contribution in [2.75, 3.05) is 6.61 Å². The smallest absolute Gasteiger partial charge is 0.185 e. The van der Waals surface area contributed by atoms with E-state index >= 15 is 0 Å². The Morgan fingerprint density at radius 3 is 2.65 bits per heavy atom. The third-order valence-corrected chi connectivity index (χ3v) is 2.75. The molecule has 0 aliphatic heterocycles. The number of hydrogen-bond acceptors (Lipinski definition) is 3. The lowest BCUT2D eigenvalue weighted by atomic mass is 10.1. The van der Waals surface area contributed by atoms with Crippen LogP contribution in [0.5, 0.6) is 11.5 Å². The number of phenolic OH excluding ortho intramolecular Hbond substituents is 1. The molecule has 2 aromatic carbocycles. The van der Waals surface area contributed by atoms with E-state index in [9.17, 15) is 9.90 Å². The van der Waals surface area contributed by atoms with Gasteiger partial charge >= 0.3 is 0 Å². The van der Waals surface area contributed by atoms with Crippen molar-refractivity contribution >= 4 is 11.9 Å². The second-order valence-corrected chi connectivity index (χ2v) is 4.25. The number of allylic oxidation sites excluding steroid dienone is 1. The second-order valence-electron chi connectivity index (χ2n) is 4.25. The van der Waals surface area contributed by atoms with Crippen LogP contribution in [0.3, 0.4) is 0 Å². The first-order chi connectivity index (χ1) is 9.69. The standard InChI is InChI=1S/C17H16O3/c1-2-20-16-5-3-4-13(12-16)6-11-17(19)14-7-9-15(18)10-8-14/h3-12,18H,2H2,1H3/b11-6+. The molecule has 0 unspecified atom stereocenters. The maximum atomic E-state index is 11.9. The highest BCUT2D eigenvalue weighted by Gasteiger charge is 2.01. The Morgan fingerprint density at radius 1 is 1.20 bits per heavy atom. The third-order valence-electron chi connectivity index (χ3n) is 2.75. The molecule has 0 aliphatic rings. The lowest BCUT2D eigenvalue weighted by Crippen LogP contribution is -1.93. The van der Waals surface area contributed by atoms with Gasteiger partial charge in [-0.05, 0) is 55.0 Å². The number of aromatic hydroxyl groups is 1. The number of rotatable bonds is 5. The number of ketones is 1. The average Bonchev–Trinajstić information content (AvgIpc) is 2.46. The topological polar surface area (TPSA) is 46.5 Å². The summed E-state index contributed by atoms with van der Waals surface area (Å²) >= 11 is 0. The van der Waals surface area contributed by atoms with Crippen molar-refractivity contribution in [3.63, 3.8) is 0 Å². The van der Waals surface area contributed by atoms with Gasteiger partial charge in [-0.1, -0.05) is 18.2 Å². The van der Waals surface area contributed by atoms with Gasteiger partial charge in [0.2, 0.25) is 0 Å². The highest BCUT2D eigenvalue weighted by atomic mass is 16.5. The molecule has 20 heavy (non-hydrogen) atoms. The van der Waals surface area contributed by atoms with Crippen LogP contribution in [0.4, 0.5) is 0 Å². The van der Waals surface area contributed by atoms with Crippen LogP contribution < -0.4 is 4.74 Å². The summed E-state index contributed by atoms with van der Waals surface area (Å²) in [6.45, 7) is 2.54. The second kappa shape index (κ2) is 6.57. The molecular formula is C17H16O3. The van der Waals surface area contributed by atoms with Gasteiger partial charge in [0.15, 0.2) is 5.78 Å². The van der Waals surface area contributed by atoms with E-state index in [4.69, 9.17) is 4.74 Å². The lowest BCUT2D eigenvalue weighted by Gasteiger charge is -2.03. The SMILES string of the molecule is CCOc1cccc(/C=C/C(=O)c2ccc(O)cc2)c1. The lowest BCUT2D eigenvalue weighted by molar-refractivity contribution is 0.104. The minimum atomic E-state index is -0.105. The summed E-state index contributed by atoms with van der Waals surface area (Å²) in [6, 6.07) is 13.7. The summed E-state index contributed by atoms with van der Waals surface area (Å²) in [5, 5.41) is 9.18. The summed E-state index contributed by atoms with van der Waals surface area (Å²) in [5.74, 6) is 0.827. The number of benzene rings is 2. The van der Waals surface area contributed by atoms with Crippen molar-refractivity contribution in [1.82, 2.24) is 0 Å². The largest absolute Gasteiger partial charge is 0.508 e. The molecule has 0 saturated heterocycles. The molecule has 0 bridgehead atoms. The molecule has 1 N–H and O–H groups in total. The van der Waals surface area contributed by atoms with E-state index in [0.29, 0.717) is 12.2 Å². The summed E-state index contributed by atoms with van der Waals surface area (Å²) in [7, 11) is 0. The fourth-order valence-corrected chi connectivity index (χ4v) is 1.77. The predicted octanol–water partition coefficient (Wildman–Crippen LogP) is 3.69. The third kappa shape index (κ3) is 3.72. The van der Waals surface area contributed by atoms with Gasteiger partial charge in [-0.15, -0.1) is 0 Å². The van der Waals surface area contributed by atoms with Crippen LogP contribution in [-0.2, 0) is 0 Å². The Morgan fingerprint density at radius 2 is 1.95 bits per heavy atom. The predicted molar refractivity (Wildman–Crippen MR) is 79.1 cm³/mol. The number of hydrogen-bond donors (Lipinski definition) is 1. The van der Waals surface area contributed by atoms with Gasteiger partial charge in [0.05, 0.1) is 6.61 Å². The van der Waals surface area contributed by atoms with Crippen molar-refractivity contribution in [3.8, 4) is 11.5 Å². The highest BCUT2D eigenvalue weighted by Crippen LogP contribution is 2.15. The van der Waals surface area contributed by atoms with Gasteiger partial charge in [-0.2, -0.15) is 0 Å². The molecule has 0 fully saturated rings. The van der Waals surface area contributed by atoms with Crippen LogP contribution in [0.1, 0.15) is 22.8 Å². The Labute approximate surface area is 118 Å². The zero-order valence-corrected chi connectivity index (χ0v) is 11.2. The van der Waals surface area contributed by atoms with E-state index in [2.05, 4.69) is 0 Å². The van der Waals surface area contributed by atoms with Crippen LogP contribution in [0.15, 0.2) is 54.6 Å². The van der Waals surface area contributed by atoms with Crippen LogP contribution >= 0.6 is 0 Å². The highest BCUT2D eigenvalue weighted by molar-refractivity contribution is 6.06. The molecule has 3 heteroatoms. The minimum absolute atomic E-state index is 0.105. The van der Waals surface area contributed by atoms with Crippen molar-refractivity contribution in [2.24, 2.45) is 0 Å². The van der Waals surface area contributed by atoms with E-state index in [0.717, 1.165) is 11.3 Å². The minimum Gasteiger partial charge on any atom is -0.508 e. The summed E-state index contributed by atoms with van der Waals surface area (Å²) in [4.78, 5) is 11.9.